The summed E-state index contributed by atoms with van der Waals surface area (Å²) in [5, 5.41) is 3.72. The number of fused-ring (bicyclic) bond motifs is 1. The van der Waals surface area contributed by atoms with E-state index in [9.17, 15) is 4.79 Å². The quantitative estimate of drug-likeness (QED) is 0.628. The van der Waals surface area contributed by atoms with Crippen LogP contribution in [0.2, 0.25) is 0 Å². The summed E-state index contributed by atoms with van der Waals surface area (Å²) < 4.78 is 17.1. The van der Waals surface area contributed by atoms with E-state index in [2.05, 4.69) is 21.2 Å². The van der Waals surface area contributed by atoms with Gasteiger partial charge in [-0.15, -0.1) is 0 Å². The van der Waals surface area contributed by atoms with Gasteiger partial charge in [0.2, 0.25) is 0 Å². The standard InChI is InChI=1S/C17H16BrNO4/c18-13-4-5-15-12(9-13)10-16(23-15)17(20)19-6-2-7-21-11-14-3-1-8-22-14/h1,3-5,8-10H,2,6-7,11H2,(H,19,20). The average Bonchev–Trinajstić information content (AvgIpc) is 3.19. The van der Waals surface area contributed by atoms with Crippen LogP contribution in [0.5, 0.6) is 0 Å². The summed E-state index contributed by atoms with van der Waals surface area (Å²) in [5.41, 5.74) is 0.695. The monoisotopic (exact) mass is 377 g/mol. The third kappa shape index (κ3) is 4.24. The van der Waals surface area contributed by atoms with Crippen LogP contribution in [-0.4, -0.2) is 19.1 Å². The first-order chi connectivity index (χ1) is 11.2. The molecule has 120 valence electrons. The van der Waals surface area contributed by atoms with Crippen LogP contribution in [0.1, 0.15) is 22.7 Å². The normalized spacial score (nSPS) is 11.0. The molecule has 2 heterocycles. The highest BCUT2D eigenvalue weighted by atomic mass is 79.9. The number of hydrogen-bond donors (Lipinski definition) is 1. The zero-order chi connectivity index (χ0) is 16.1. The van der Waals surface area contributed by atoms with Gasteiger partial charge in [-0.25, -0.2) is 0 Å². The summed E-state index contributed by atoms with van der Waals surface area (Å²) in [7, 11) is 0. The Morgan fingerprint density at radius 3 is 3.00 bits per heavy atom. The second-order valence-electron chi connectivity index (χ2n) is 5.03. The lowest BCUT2D eigenvalue weighted by Gasteiger charge is -2.04. The first-order valence-corrected chi connectivity index (χ1v) is 8.09. The first kappa shape index (κ1) is 15.8. The number of halogens is 1. The van der Waals surface area contributed by atoms with Gasteiger partial charge in [0.1, 0.15) is 18.0 Å². The maximum absolute atomic E-state index is 12.0. The van der Waals surface area contributed by atoms with Gasteiger partial charge in [-0.1, -0.05) is 15.9 Å². The minimum absolute atomic E-state index is 0.219. The minimum Gasteiger partial charge on any atom is -0.467 e. The number of furan rings is 2. The molecule has 2 aromatic heterocycles. The Bertz CT molecular complexity index is 779. The third-order valence-corrected chi connectivity index (χ3v) is 3.77. The van der Waals surface area contributed by atoms with E-state index in [1.54, 1.807) is 12.3 Å². The molecular formula is C17H16BrNO4. The molecule has 0 unspecified atom stereocenters. The highest BCUT2D eigenvalue weighted by Crippen LogP contribution is 2.23. The molecular weight excluding hydrogens is 362 g/mol. The van der Waals surface area contributed by atoms with Crippen molar-refractivity contribution in [1.29, 1.82) is 0 Å². The largest absolute Gasteiger partial charge is 0.467 e. The van der Waals surface area contributed by atoms with Crippen LogP contribution in [-0.2, 0) is 11.3 Å². The van der Waals surface area contributed by atoms with Crippen molar-refractivity contribution in [3.05, 3.63) is 58.7 Å². The summed E-state index contributed by atoms with van der Waals surface area (Å²) in [4.78, 5) is 12.0. The Morgan fingerprint density at radius 2 is 2.17 bits per heavy atom. The number of benzene rings is 1. The van der Waals surface area contributed by atoms with Crippen LogP contribution in [0.15, 0.2) is 56.0 Å². The van der Waals surface area contributed by atoms with Gasteiger partial charge in [-0.05, 0) is 42.8 Å². The Balaban J connectivity index is 1.41. The fourth-order valence-corrected chi connectivity index (χ4v) is 2.54. The molecule has 0 aliphatic rings. The van der Waals surface area contributed by atoms with E-state index in [0.717, 1.165) is 22.0 Å². The van der Waals surface area contributed by atoms with Crippen molar-refractivity contribution in [2.75, 3.05) is 13.2 Å². The molecule has 3 aromatic rings. The topological polar surface area (TPSA) is 64.6 Å². The lowest BCUT2D eigenvalue weighted by molar-refractivity contribution is 0.0896. The molecule has 0 aliphatic heterocycles. The minimum atomic E-state index is -0.219. The van der Waals surface area contributed by atoms with Crippen molar-refractivity contribution in [3.63, 3.8) is 0 Å². The van der Waals surface area contributed by atoms with E-state index >= 15 is 0 Å². The highest BCUT2D eigenvalue weighted by molar-refractivity contribution is 9.10. The van der Waals surface area contributed by atoms with Gasteiger partial charge in [0.25, 0.3) is 5.91 Å². The molecule has 0 fully saturated rings. The first-order valence-electron chi connectivity index (χ1n) is 7.30. The van der Waals surface area contributed by atoms with Crippen molar-refractivity contribution in [2.45, 2.75) is 13.0 Å². The number of rotatable bonds is 7. The summed E-state index contributed by atoms with van der Waals surface area (Å²) >= 11 is 3.40. The van der Waals surface area contributed by atoms with E-state index < -0.39 is 0 Å². The average molecular weight is 378 g/mol. The van der Waals surface area contributed by atoms with E-state index in [0.29, 0.717) is 31.1 Å². The SMILES string of the molecule is O=C(NCCCOCc1ccco1)c1cc2cc(Br)ccc2o1. The van der Waals surface area contributed by atoms with Crippen LogP contribution in [0.3, 0.4) is 0 Å². The van der Waals surface area contributed by atoms with Gasteiger partial charge >= 0.3 is 0 Å². The van der Waals surface area contributed by atoms with Crippen molar-refractivity contribution in [2.24, 2.45) is 0 Å². The van der Waals surface area contributed by atoms with Crippen LogP contribution in [0, 0.1) is 0 Å². The predicted octanol–water partition coefficient (Wildman–Crippen LogP) is 4.13. The number of ether oxygens (including phenoxy) is 1. The summed E-state index contributed by atoms with van der Waals surface area (Å²) in [5.74, 6) is 0.889. The van der Waals surface area contributed by atoms with Crippen LogP contribution in [0.4, 0.5) is 0 Å². The molecule has 1 N–H and O–H groups in total. The Labute approximate surface area is 141 Å². The predicted molar refractivity (Wildman–Crippen MR) is 89.2 cm³/mol. The Hall–Kier alpha value is -2.05. The summed E-state index contributed by atoms with van der Waals surface area (Å²) in [6.45, 7) is 1.52. The fourth-order valence-electron chi connectivity index (χ4n) is 2.16. The maximum atomic E-state index is 12.0. The highest BCUT2D eigenvalue weighted by Gasteiger charge is 2.11. The van der Waals surface area contributed by atoms with Crippen molar-refractivity contribution in [3.8, 4) is 0 Å². The van der Waals surface area contributed by atoms with Crippen LogP contribution < -0.4 is 5.32 Å². The van der Waals surface area contributed by atoms with Gasteiger partial charge in [-0.3, -0.25) is 4.79 Å². The zero-order valence-electron chi connectivity index (χ0n) is 12.4. The molecule has 0 saturated carbocycles. The Kier molecular flexibility index (Phi) is 5.15. The van der Waals surface area contributed by atoms with Crippen molar-refractivity contribution >= 4 is 32.8 Å². The molecule has 0 spiro atoms. The molecule has 0 atom stereocenters. The fraction of sp³-hybridized carbons (Fsp3) is 0.235. The molecule has 6 heteroatoms. The van der Waals surface area contributed by atoms with Gasteiger partial charge in [-0.2, -0.15) is 0 Å². The molecule has 1 aromatic carbocycles. The zero-order valence-corrected chi connectivity index (χ0v) is 14.0. The van der Waals surface area contributed by atoms with E-state index in [4.69, 9.17) is 13.6 Å². The summed E-state index contributed by atoms with van der Waals surface area (Å²) in [6.07, 6.45) is 2.34. The van der Waals surface area contributed by atoms with Crippen LogP contribution in [0.25, 0.3) is 11.0 Å². The molecule has 0 aliphatic carbocycles. The molecule has 23 heavy (non-hydrogen) atoms. The maximum Gasteiger partial charge on any atom is 0.287 e. The molecule has 3 rings (SSSR count). The number of nitrogens with one attached hydrogen (secondary N) is 1. The lowest BCUT2D eigenvalue weighted by atomic mass is 10.2. The molecule has 0 radical (unpaired) electrons. The van der Waals surface area contributed by atoms with E-state index in [1.807, 2.05) is 30.3 Å². The molecule has 1 amide bonds. The second kappa shape index (κ2) is 7.48. The van der Waals surface area contributed by atoms with Gasteiger partial charge < -0.3 is 18.9 Å². The number of carbonyl (C=O) groups excluding carboxylic acids is 1. The molecule has 5 nitrogen and oxygen atoms in total. The third-order valence-electron chi connectivity index (χ3n) is 3.28. The van der Waals surface area contributed by atoms with E-state index in [1.165, 1.54) is 0 Å². The molecule has 0 bridgehead atoms. The number of carbonyl (C=O) groups is 1. The molecule has 0 saturated heterocycles. The van der Waals surface area contributed by atoms with Crippen molar-refractivity contribution in [1.82, 2.24) is 5.32 Å². The van der Waals surface area contributed by atoms with Gasteiger partial charge in [0.05, 0.1) is 6.26 Å². The number of hydrogen-bond acceptors (Lipinski definition) is 4. The van der Waals surface area contributed by atoms with Crippen LogP contribution >= 0.6 is 15.9 Å². The van der Waals surface area contributed by atoms with Crippen molar-refractivity contribution < 1.29 is 18.4 Å². The Morgan fingerprint density at radius 1 is 1.26 bits per heavy atom. The lowest BCUT2D eigenvalue weighted by Crippen LogP contribution is -2.24. The number of amides is 1. The smallest absolute Gasteiger partial charge is 0.287 e. The second-order valence-corrected chi connectivity index (χ2v) is 5.95. The van der Waals surface area contributed by atoms with Gasteiger partial charge in [0.15, 0.2) is 5.76 Å². The summed E-state index contributed by atoms with van der Waals surface area (Å²) in [6, 6.07) is 11.1. The van der Waals surface area contributed by atoms with E-state index in [-0.39, 0.29) is 5.91 Å². The van der Waals surface area contributed by atoms with Gasteiger partial charge in [0, 0.05) is 23.0 Å².